The number of amides is 2. The fourth-order valence-corrected chi connectivity index (χ4v) is 4.60. The highest BCUT2D eigenvalue weighted by molar-refractivity contribution is 6.00. The van der Waals surface area contributed by atoms with Crippen molar-refractivity contribution in [2.45, 2.75) is 44.6 Å². The second kappa shape index (κ2) is 11.0. The number of nitrogens with zero attached hydrogens (tertiary/aromatic N) is 6. The third kappa shape index (κ3) is 5.21. The SMILES string of the molecule is CCn1ccc(-c2ccc(CN3CCC(CC#N)(n4cc(C(N)=O)c(NC(=O)OC)n4)C(F)C3)c(F)c2)n1. The maximum Gasteiger partial charge on any atom is 0.412 e. The van der Waals surface area contributed by atoms with Gasteiger partial charge in [0, 0.05) is 49.7 Å². The number of aryl methyl sites for hydroxylation is 1. The van der Waals surface area contributed by atoms with Gasteiger partial charge in [0.25, 0.3) is 5.91 Å². The molecule has 0 bridgehead atoms. The Labute approximate surface area is 217 Å². The number of likely N-dealkylation sites (tertiary alicyclic amines) is 1. The molecule has 1 fully saturated rings. The zero-order valence-electron chi connectivity index (χ0n) is 21.0. The molecular weight excluding hydrogens is 498 g/mol. The number of carbonyl (C=O) groups is 2. The van der Waals surface area contributed by atoms with Gasteiger partial charge in [-0.1, -0.05) is 12.1 Å². The van der Waals surface area contributed by atoms with Gasteiger partial charge in [-0.25, -0.2) is 13.6 Å². The Morgan fingerprint density at radius 1 is 1.34 bits per heavy atom. The lowest BCUT2D eigenvalue weighted by Crippen LogP contribution is -2.54. The number of nitriles is 1. The van der Waals surface area contributed by atoms with Crippen molar-refractivity contribution in [1.29, 1.82) is 5.26 Å². The first-order chi connectivity index (χ1) is 18.2. The topological polar surface area (TPSA) is 144 Å². The molecule has 3 heterocycles. The summed E-state index contributed by atoms with van der Waals surface area (Å²) in [6, 6.07) is 8.68. The maximum atomic E-state index is 15.8. The smallest absolute Gasteiger partial charge is 0.412 e. The van der Waals surface area contributed by atoms with Gasteiger partial charge in [-0.15, -0.1) is 0 Å². The Morgan fingerprint density at radius 2 is 2.13 bits per heavy atom. The number of methoxy groups -OCH3 is 1. The van der Waals surface area contributed by atoms with E-state index in [-0.39, 0.29) is 37.3 Å². The Bertz CT molecular complexity index is 1380. The van der Waals surface area contributed by atoms with E-state index in [0.29, 0.717) is 29.9 Å². The minimum atomic E-state index is -1.59. The van der Waals surface area contributed by atoms with Crippen molar-refractivity contribution in [3.05, 3.63) is 53.6 Å². The van der Waals surface area contributed by atoms with E-state index in [0.717, 1.165) is 7.11 Å². The number of anilines is 1. The number of rotatable bonds is 8. The highest BCUT2D eigenvalue weighted by atomic mass is 19.1. The third-order valence-electron chi connectivity index (χ3n) is 6.80. The minimum absolute atomic E-state index is 0.102. The van der Waals surface area contributed by atoms with E-state index in [1.165, 1.54) is 16.9 Å². The normalized spacial score (nSPS) is 19.6. The van der Waals surface area contributed by atoms with Crippen LogP contribution in [0.3, 0.4) is 0 Å². The summed E-state index contributed by atoms with van der Waals surface area (Å²) in [5.41, 5.74) is 5.57. The van der Waals surface area contributed by atoms with Gasteiger partial charge < -0.3 is 10.5 Å². The van der Waals surface area contributed by atoms with Crippen molar-refractivity contribution in [2.24, 2.45) is 5.73 Å². The van der Waals surface area contributed by atoms with Gasteiger partial charge in [-0.05, 0) is 25.5 Å². The third-order valence-corrected chi connectivity index (χ3v) is 6.80. The molecule has 2 aromatic heterocycles. The summed E-state index contributed by atoms with van der Waals surface area (Å²) in [6.45, 7) is 3.06. The summed E-state index contributed by atoms with van der Waals surface area (Å²) < 4.78 is 38.3. The van der Waals surface area contributed by atoms with E-state index in [1.807, 2.05) is 25.3 Å². The number of nitrogens with one attached hydrogen (secondary N) is 1. The molecule has 2 amide bonds. The molecule has 1 saturated heterocycles. The van der Waals surface area contributed by atoms with Crippen molar-refractivity contribution in [3.8, 4) is 17.3 Å². The molecule has 2 atom stereocenters. The van der Waals surface area contributed by atoms with E-state index in [4.69, 9.17) is 5.73 Å². The zero-order valence-corrected chi connectivity index (χ0v) is 21.0. The van der Waals surface area contributed by atoms with Crippen molar-refractivity contribution >= 4 is 17.8 Å². The largest absolute Gasteiger partial charge is 0.453 e. The van der Waals surface area contributed by atoms with Crippen molar-refractivity contribution in [3.63, 3.8) is 0 Å². The number of benzene rings is 1. The number of carbonyl (C=O) groups excluding carboxylic acids is 2. The number of aromatic nitrogens is 4. The van der Waals surface area contributed by atoms with Gasteiger partial charge in [0.15, 0.2) is 5.82 Å². The quantitative estimate of drug-likeness (QED) is 0.459. The second-order valence-electron chi connectivity index (χ2n) is 9.07. The fraction of sp³-hybridized carbons (Fsp3) is 0.400. The van der Waals surface area contributed by atoms with Crippen molar-refractivity contribution in [1.82, 2.24) is 24.5 Å². The van der Waals surface area contributed by atoms with E-state index < -0.39 is 29.5 Å². The number of hydrogen-bond donors (Lipinski definition) is 2. The minimum Gasteiger partial charge on any atom is -0.453 e. The lowest BCUT2D eigenvalue weighted by atomic mass is 9.83. The van der Waals surface area contributed by atoms with E-state index >= 15 is 4.39 Å². The van der Waals surface area contributed by atoms with Crippen LogP contribution in [-0.4, -0.2) is 62.8 Å². The fourth-order valence-electron chi connectivity index (χ4n) is 4.60. The van der Waals surface area contributed by atoms with Gasteiger partial charge in [-0.2, -0.15) is 15.5 Å². The Hall–Kier alpha value is -4.31. The van der Waals surface area contributed by atoms with Crippen LogP contribution in [0, 0.1) is 17.1 Å². The summed E-state index contributed by atoms with van der Waals surface area (Å²) in [5.74, 6) is -1.50. The highest BCUT2D eigenvalue weighted by Crippen LogP contribution is 2.37. The molecule has 200 valence electrons. The summed E-state index contributed by atoms with van der Waals surface area (Å²) in [7, 11) is 1.14. The van der Waals surface area contributed by atoms with E-state index in [1.54, 1.807) is 21.7 Å². The molecule has 1 aromatic carbocycles. The van der Waals surface area contributed by atoms with Crippen molar-refractivity contribution in [2.75, 3.05) is 25.5 Å². The molecule has 3 aromatic rings. The number of hydrogen-bond acceptors (Lipinski definition) is 7. The standard InChI is InChI=1S/C25H28F2N8O3/c1-3-34-10-6-20(31-34)16-4-5-17(19(26)12-16)13-33-11-8-25(7-9-28,21(27)15-33)35-14-18(22(29)36)23(32-35)30-24(37)38-2/h4-6,10,12,14,21H,3,7-8,11,13,15H2,1-2H3,(H2,29,36)(H,30,32,37). The summed E-state index contributed by atoms with van der Waals surface area (Å²) in [4.78, 5) is 25.3. The number of alkyl halides is 1. The molecule has 0 aliphatic carbocycles. The Morgan fingerprint density at radius 3 is 2.74 bits per heavy atom. The molecule has 11 nitrogen and oxygen atoms in total. The molecule has 0 saturated carbocycles. The van der Waals surface area contributed by atoms with Gasteiger partial charge in [-0.3, -0.25) is 24.4 Å². The van der Waals surface area contributed by atoms with Crippen LogP contribution in [0.2, 0.25) is 0 Å². The lowest BCUT2D eigenvalue weighted by molar-refractivity contribution is 0.00660. The zero-order chi connectivity index (χ0) is 27.4. The van der Waals surface area contributed by atoms with E-state index in [9.17, 15) is 19.2 Å². The molecule has 1 aliphatic heterocycles. The van der Waals surface area contributed by atoms with Crippen LogP contribution in [0.15, 0.2) is 36.7 Å². The predicted molar refractivity (Wildman–Crippen MR) is 133 cm³/mol. The molecule has 1 aliphatic rings. The molecule has 38 heavy (non-hydrogen) atoms. The second-order valence-corrected chi connectivity index (χ2v) is 9.07. The van der Waals surface area contributed by atoms with Gasteiger partial charge in [0.1, 0.15) is 23.1 Å². The monoisotopic (exact) mass is 526 g/mol. The first-order valence-electron chi connectivity index (χ1n) is 12.0. The number of piperidine rings is 1. The molecule has 3 N–H and O–H groups in total. The summed E-state index contributed by atoms with van der Waals surface area (Å²) in [5, 5.41) is 20.4. The predicted octanol–water partition coefficient (Wildman–Crippen LogP) is 3.04. The van der Waals surface area contributed by atoms with Crippen LogP contribution in [0.4, 0.5) is 19.4 Å². The van der Waals surface area contributed by atoms with Gasteiger partial charge >= 0.3 is 6.09 Å². The molecule has 4 rings (SSSR count). The number of primary amides is 1. The average Bonchev–Trinajstić information content (AvgIpc) is 3.55. The van der Waals surface area contributed by atoms with E-state index in [2.05, 4.69) is 20.3 Å². The van der Waals surface area contributed by atoms with Crippen LogP contribution in [0.25, 0.3) is 11.3 Å². The van der Waals surface area contributed by atoms with Crippen LogP contribution >= 0.6 is 0 Å². The van der Waals surface area contributed by atoms with Crippen LogP contribution < -0.4 is 11.1 Å². The van der Waals surface area contributed by atoms with Gasteiger partial charge in [0.2, 0.25) is 0 Å². The highest BCUT2D eigenvalue weighted by Gasteiger charge is 2.46. The maximum absolute atomic E-state index is 15.8. The molecule has 0 spiro atoms. The lowest BCUT2D eigenvalue weighted by Gasteiger charge is -2.43. The van der Waals surface area contributed by atoms with Gasteiger partial charge in [0.05, 0.1) is 25.3 Å². The Kier molecular flexibility index (Phi) is 7.72. The number of ether oxygens (including phenoxy) is 1. The number of nitrogens with two attached hydrogens (primary N) is 1. The van der Waals surface area contributed by atoms with Crippen LogP contribution in [-0.2, 0) is 23.4 Å². The molecule has 0 radical (unpaired) electrons. The number of halogens is 2. The van der Waals surface area contributed by atoms with Crippen LogP contribution in [0.5, 0.6) is 0 Å². The summed E-state index contributed by atoms with van der Waals surface area (Å²) in [6.07, 6.45) is 0.476. The van der Waals surface area contributed by atoms with Crippen molar-refractivity contribution < 1.29 is 23.1 Å². The molecule has 2 unspecified atom stereocenters. The molecular formula is C25H28F2N8O3. The molecule has 13 heteroatoms. The summed E-state index contributed by atoms with van der Waals surface area (Å²) >= 11 is 0. The van der Waals surface area contributed by atoms with Crippen LogP contribution in [0.1, 0.15) is 35.7 Å². The average molecular weight is 527 g/mol. The Balaban J connectivity index is 1.53. The first kappa shape index (κ1) is 26.7. The first-order valence-corrected chi connectivity index (χ1v) is 12.0.